The summed E-state index contributed by atoms with van der Waals surface area (Å²) >= 11 is 0. The molecule has 3 rings (SSSR count). The normalized spacial score (nSPS) is 14.7. The molecule has 0 unspecified atom stereocenters. The summed E-state index contributed by atoms with van der Waals surface area (Å²) < 4.78 is 1.99. The lowest BCUT2D eigenvalue weighted by Crippen LogP contribution is -2.30. The average molecular weight is 271 g/mol. The number of aromatic nitrogens is 3. The van der Waals surface area contributed by atoms with Crippen LogP contribution >= 0.6 is 0 Å². The van der Waals surface area contributed by atoms with Crippen molar-refractivity contribution in [1.29, 1.82) is 0 Å². The number of nitrogen functional groups attached to an aromatic ring is 1. The van der Waals surface area contributed by atoms with Crippen molar-refractivity contribution in [2.24, 2.45) is 0 Å². The van der Waals surface area contributed by atoms with Gasteiger partial charge in [0.15, 0.2) is 0 Å². The summed E-state index contributed by atoms with van der Waals surface area (Å²) in [6.45, 7) is 6.08. The second-order valence-electron chi connectivity index (χ2n) is 5.63. The molecule has 1 aromatic heterocycles. The first kappa shape index (κ1) is 13.0. The van der Waals surface area contributed by atoms with E-state index in [1.54, 1.807) is 6.33 Å². The molecular formula is C15H21N5. The SMILES string of the molecule is CC(C)n1ncnc1CN1CCCc2ccc(N)cc21. The maximum absolute atomic E-state index is 5.94. The lowest BCUT2D eigenvalue weighted by molar-refractivity contribution is 0.498. The molecule has 2 N–H and O–H groups in total. The van der Waals surface area contributed by atoms with Gasteiger partial charge >= 0.3 is 0 Å². The van der Waals surface area contributed by atoms with Crippen LogP contribution < -0.4 is 10.6 Å². The number of hydrogen-bond donors (Lipinski definition) is 1. The summed E-state index contributed by atoms with van der Waals surface area (Å²) in [5, 5.41) is 4.31. The first-order chi connectivity index (χ1) is 9.65. The van der Waals surface area contributed by atoms with Crippen molar-refractivity contribution in [1.82, 2.24) is 14.8 Å². The average Bonchev–Trinajstić information content (AvgIpc) is 2.88. The molecule has 106 valence electrons. The van der Waals surface area contributed by atoms with Crippen LogP contribution in [0.1, 0.15) is 37.7 Å². The van der Waals surface area contributed by atoms with Crippen molar-refractivity contribution >= 4 is 11.4 Å². The Labute approximate surface area is 119 Å². The smallest absolute Gasteiger partial charge is 0.146 e. The number of hydrogen-bond acceptors (Lipinski definition) is 4. The van der Waals surface area contributed by atoms with E-state index in [0.29, 0.717) is 6.04 Å². The van der Waals surface area contributed by atoms with Crippen molar-refractivity contribution in [3.8, 4) is 0 Å². The molecule has 2 heterocycles. The van der Waals surface area contributed by atoms with Crippen LogP contribution in [-0.2, 0) is 13.0 Å². The third kappa shape index (κ3) is 2.35. The fourth-order valence-corrected chi connectivity index (χ4v) is 2.82. The number of aryl methyl sites for hydroxylation is 1. The van der Waals surface area contributed by atoms with Crippen LogP contribution in [0.5, 0.6) is 0 Å². The van der Waals surface area contributed by atoms with E-state index in [4.69, 9.17) is 5.73 Å². The standard InChI is InChI=1S/C15H21N5/c1-11(2)20-15(17-10-18-20)9-19-7-3-4-12-5-6-13(16)8-14(12)19/h5-6,8,10-11H,3-4,7,9,16H2,1-2H3. The van der Waals surface area contributed by atoms with Crippen molar-refractivity contribution in [3.63, 3.8) is 0 Å². The van der Waals surface area contributed by atoms with Crippen LogP contribution in [0.2, 0.25) is 0 Å². The van der Waals surface area contributed by atoms with Crippen LogP contribution in [0.25, 0.3) is 0 Å². The Morgan fingerprint density at radius 1 is 1.35 bits per heavy atom. The van der Waals surface area contributed by atoms with Gasteiger partial charge < -0.3 is 10.6 Å². The first-order valence-corrected chi connectivity index (χ1v) is 7.17. The molecule has 2 aromatic rings. The number of nitrogens with two attached hydrogens (primary N) is 1. The highest BCUT2D eigenvalue weighted by molar-refractivity contribution is 5.62. The Morgan fingerprint density at radius 2 is 2.20 bits per heavy atom. The zero-order chi connectivity index (χ0) is 14.1. The Morgan fingerprint density at radius 3 is 3.00 bits per heavy atom. The molecule has 1 aromatic carbocycles. The van der Waals surface area contributed by atoms with Gasteiger partial charge in [0.1, 0.15) is 12.2 Å². The van der Waals surface area contributed by atoms with E-state index in [1.807, 2.05) is 10.7 Å². The van der Waals surface area contributed by atoms with E-state index in [2.05, 4.69) is 41.0 Å². The molecule has 0 fully saturated rings. The molecule has 5 nitrogen and oxygen atoms in total. The molecule has 0 amide bonds. The third-order valence-corrected chi connectivity index (χ3v) is 3.79. The Balaban J connectivity index is 1.89. The minimum absolute atomic E-state index is 0.331. The molecule has 5 heteroatoms. The predicted molar refractivity (Wildman–Crippen MR) is 80.6 cm³/mol. The summed E-state index contributed by atoms with van der Waals surface area (Å²) in [4.78, 5) is 6.77. The first-order valence-electron chi connectivity index (χ1n) is 7.17. The van der Waals surface area contributed by atoms with Crippen LogP contribution in [0, 0.1) is 0 Å². The molecule has 0 bridgehead atoms. The molecular weight excluding hydrogens is 250 g/mol. The second kappa shape index (κ2) is 5.15. The lowest BCUT2D eigenvalue weighted by Gasteiger charge is -2.31. The predicted octanol–water partition coefficient (Wildman–Crippen LogP) is 2.39. The van der Waals surface area contributed by atoms with E-state index in [1.165, 1.54) is 17.7 Å². The van der Waals surface area contributed by atoms with Crippen molar-refractivity contribution in [2.75, 3.05) is 17.2 Å². The Kier molecular flexibility index (Phi) is 3.34. The van der Waals surface area contributed by atoms with Crippen LogP contribution in [0.3, 0.4) is 0 Å². The van der Waals surface area contributed by atoms with Crippen LogP contribution in [-0.4, -0.2) is 21.3 Å². The maximum atomic E-state index is 5.94. The summed E-state index contributed by atoms with van der Waals surface area (Å²) in [5.41, 5.74) is 9.38. The van der Waals surface area contributed by atoms with Gasteiger partial charge in [0, 0.05) is 24.0 Å². The van der Waals surface area contributed by atoms with Crippen LogP contribution in [0.4, 0.5) is 11.4 Å². The van der Waals surface area contributed by atoms with E-state index >= 15 is 0 Å². The molecule has 0 saturated carbocycles. The number of benzene rings is 1. The molecule has 0 spiro atoms. The zero-order valence-electron chi connectivity index (χ0n) is 12.1. The fraction of sp³-hybridized carbons (Fsp3) is 0.467. The topological polar surface area (TPSA) is 60.0 Å². The molecule has 1 aliphatic rings. The highest BCUT2D eigenvalue weighted by Gasteiger charge is 2.19. The molecule has 0 radical (unpaired) electrons. The molecule has 0 saturated heterocycles. The number of anilines is 2. The quantitative estimate of drug-likeness (QED) is 0.871. The van der Waals surface area contributed by atoms with Gasteiger partial charge in [-0.1, -0.05) is 6.07 Å². The van der Waals surface area contributed by atoms with E-state index in [-0.39, 0.29) is 0 Å². The highest BCUT2D eigenvalue weighted by atomic mass is 15.4. The monoisotopic (exact) mass is 271 g/mol. The lowest BCUT2D eigenvalue weighted by atomic mass is 10.0. The molecule has 0 atom stereocenters. The van der Waals surface area contributed by atoms with Gasteiger partial charge in [-0.05, 0) is 44.4 Å². The summed E-state index contributed by atoms with van der Waals surface area (Å²) in [7, 11) is 0. The Bertz CT molecular complexity index is 602. The fourth-order valence-electron chi connectivity index (χ4n) is 2.82. The van der Waals surface area contributed by atoms with Gasteiger partial charge in [-0.3, -0.25) is 0 Å². The van der Waals surface area contributed by atoms with Crippen molar-refractivity contribution in [3.05, 3.63) is 35.9 Å². The molecule has 0 aliphatic carbocycles. The number of rotatable bonds is 3. The van der Waals surface area contributed by atoms with Gasteiger partial charge in [-0.15, -0.1) is 0 Å². The molecule has 1 aliphatic heterocycles. The summed E-state index contributed by atoms with van der Waals surface area (Å²) in [6.07, 6.45) is 3.94. The largest absolute Gasteiger partial charge is 0.399 e. The Hall–Kier alpha value is -2.04. The maximum Gasteiger partial charge on any atom is 0.146 e. The van der Waals surface area contributed by atoms with E-state index in [9.17, 15) is 0 Å². The zero-order valence-corrected chi connectivity index (χ0v) is 12.1. The van der Waals surface area contributed by atoms with Gasteiger partial charge in [-0.25, -0.2) is 9.67 Å². The van der Waals surface area contributed by atoms with Crippen LogP contribution in [0.15, 0.2) is 24.5 Å². The summed E-state index contributed by atoms with van der Waals surface area (Å²) in [5.74, 6) is 1.01. The van der Waals surface area contributed by atoms with Crippen molar-refractivity contribution < 1.29 is 0 Å². The van der Waals surface area contributed by atoms with E-state index in [0.717, 1.165) is 31.0 Å². The minimum atomic E-state index is 0.331. The van der Waals surface area contributed by atoms with E-state index < -0.39 is 0 Å². The number of nitrogens with zero attached hydrogens (tertiary/aromatic N) is 4. The van der Waals surface area contributed by atoms with Gasteiger partial charge in [0.05, 0.1) is 6.54 Å². The van der Waals surface area contributed by atoms with Gasteiger partial charge in [0.2, 0.25) is 0 Å². The summed E-state index contributed by atoms with van der Waals surface area (Å²) in [6, 6.07) is 6.53. The van der Waals surface area contributed by atoms with Crippen molar-refractivity contribution in [2.45, 2.75) is 39.3 Å². The third-order valence-electron chi connectivity index (χ3n) is 3.79. The highest BCUT2D eigenvalue weighted by Crippen LogP contribution is 2.30. The molecule has 20 heavy (non-hydrogen) atoms. The number of fused-ring (bicyclic) bond motifs is 1. The van der Waals surface area contributed by atoms with Gasteiger partial charge in [0.25, 0.3) is 0 Å². The van der Waals surface area contributed by atoms with Gasteiger partial charge in [-0.2, -0.15) is 5.10 Å². The minimum Gasteiger partial charge on any atom is -0.399 e. The second-order valence-corrected chi connectivity index (χ2v) is 5.63.